The summed E-state index contributed by atoms with van der Waals surface area (Å²) in [4.78, 5) is 23.5. The van der Waals surface area contributed by atoms with Gasteiger partial charge in [0.2, 0.25) is 5.78 Å². The van der Waals surface area contributed by atoms with Crippen molar-refractivity contribution in [2.24, 2.45) is 0 Å². The number of aromatic carboxylic acids is 1. The van der Waals surface area contributed by atoms with E-state index in [1.54, 1.807) is 6.07 Å². The number of fused-ring (bicyclic) bond motifs is 3. The minimum Gasteiger partial charge on any atom is -0.478 e. The summed E-state index contributed by atoms with van der Waals surface area (Å²) in [5.41, 5.74) is -1.70. The van der Waals surface area contributed by atoms with Crippen LogP contribution in [0.4, 0.5) is 0 Å². The Bertz CT molecular complexity index is 670. The van der Waals surface area contributed by atoms with E-state index in [4.69, 9.17) is 5.11 Å². The van der Waals surface area contributed by atoms with Crippen molar-refractivity contribution >= 4 is 17.3 Å². The minimum absolute atomic E-state index is 0.0495. The van der Waals surface area contributed by atoms with Crippen molar-refractivity contribution in [3.8, 4) is 0 Å². The monoisotopic (exact) mass is 258 g/mol. The van der Waals surface area contributed by atoms with E-state index in [0.717, 1.165) is 0 Å². The van der Waals surface area contributed by atoms with Crippen LogP contribution in [0.15, 0.2) is 36.4 Å². The van der Waals surface area contributed by atoms with E-state index in [1.165, 1.54) is 30.4 Å². The number of carboxylic acids is 1. The molecule has 5 heteroatoms. The summed E-state index contributed by atoms with van der Waals surface area (Å²) in [5.74, 6) is -2.01. The summed E-state index contributed by atoms with van der Waals surface area (Å²) in [6.45, 7) is 0. The Morgan fingerprint density at radius 2 is 2.05 bits per heavy atom. The fraction of sp³-hybridized carbons (Fsp3) is 0.143. The highest BCUT2D eigenvalue weighted by molar-refractivity contribution is 6.23. The highest BCUT2D eigenvalue weighted by atomic mass is 16.4. The lowest BCUT2D eigenvalue weighted by Gasteiger charge is -2.28. The van der Waals surface area contributed by atoms with Crippen molar-refractivity contribution in [3.63, 3.8) is 0 Å². The van der Waals surface area contributed by atoms with Crippen LogP contribution < -0.4 is 0 Å². The molecular weight excluding hydrogens is 248 g/mol. The quantitative estimate of drug-likeness (QED) is 0.686. The maximum Gasteiger partial charge on any atom is 0.336 e. The number of aliphatic hydroxyl groups is 2. The molecule has 0 saturated carbocycles. The molecule has 1 aromatic rings. The molecule has 1 aromatic carbocycles. The molecule has 3 N–H and O–H groups in total. The number of carbonyl (C=O) groups is 2. The number of aliphatic hydroxyl groups excluding tert-OH is 1. The highest BCUT2D eigenvalue weighted by Gasteiger charge is 2.54. The van der Waals surface area contributed by atoms with Gasteiger partial charge in [-0.05, 0) is 11.6 Å². The van der Waals surface area contributed by atoms with E-state index in [0.29, 0.717) is 5.56 Å². The third kappa shape index (κ3) is 1.31. The number of rotatable bonds is 1. The van der Waals surface area contributed by atoms with Gasteiger partial charge in [0, 0.05) is 11.1 Å². The zero-order chi connectivity index (χ0) is 13.8. The van der Waals surface area contributed by atoms with Crippen molar-refractivity contribution < 1.29 is 24.9 Å². The van der Waals surface area contributed by atoms with Crippen molar-refractivity contribution in [2.45, 2.75) is 11.7 Å². The maximum atomic E-state index is 12.3. The number of benzene rings is 1. The normalized spacial score (nSPS) is 27.8. The molecular formula is C14H10O5. The molecule has 2 aliphatic rings. The number of hydrogen-bond acceptors (Lipinski definition) is 4. The molecule has 19 heavy (non-hydrogen) atoms. The van der Waals surface area contributed by atoms with Gasteiger partial charge >= 0.3 is 5.97 Å². The standard InChI is InChI=1S/C14H10O5/c15-10-6-2-5-9-7-3-1-4-8(13(17)18)11(7)12(16)14(9,10)19/h1-6,10,15,19H,(H,17,18)/t10-,14+/m0/s1. The van der Waals surface area contributed by atoms with Crippen molar-refractivity contribution in [1.82, 2.24) is 0 Å². The Labute approximate surface area is 108 Å². The zero-order valence-corrected chi connectivity index (χ0v) is 9.70. The third-order valence-electron chi connectivity index (χ3n) is 3.55. The summed E-state index contributed by atoms with van der Waals surface area (Å²) in [5, 5.41) is 29.4. The first-order chi connectivity index (χ1) is 8.98. The Hall–Kier alpha value is -2.24. The molecule has 0 unspecified atom stereocenters. The molecule has 3 rings (SSSR count). The van der Waals surface area contributed by atoms with Gasteiger partial charge < -0.3 is 15.3 Å². The Morgan fingerprint density at radius 3 is 2.74 bits per heavy atom. The molecule has 0 amide bonds. The molecule has 0 fully saturated rings. The molecule has 2 aliphatic carbocycles. The van der Waals surface area contributed by atoms with Gasteiger partial charge in [0.05, 0.1) is 5.56 Å². The second-order valence-electron chi connectivity index (χ2n) is 4.54. The van der Waals surface area contributed by atoms with Gasteiger partial charge in [-0.15, -0.1) is 0 Å². The molecule has 0 heterocycles. The summed E-state index contributed by atoms with van der Waals surface area (Å²) < 4.78 is 0. The number of carbonyl (C=O) groups excluding carboxylic acids is 1. The Morgan fingerprint density at radius 1 is 1.32 bits per heavy atom. The van der Waals surface area contributed by atoms with Crippen LogP contribution in [0.25, 0.3) is 5.57 Å². The number of hydrogen-bond donors (Lipinski definition) is 3. The smallest absolute Gasteiger partial charge is 0.336 e. The minimum atomic E-state index is -2.08. The van der Waals surface area contributed by atoms with Crippen LogP contribution in [0.5, 0.6) is 0 Å². The van der Waals surface area contributed by atoms with Crippen LogP contribution in [0, 0.1) is 0 Å². The number of carboxylic acid groups (broad SMARTS) is 1. The number of ketones is 1. The van der Waals surface area contributed by atoms with Crippen LogP contribution in [0.2, 0.25) is 0 Å². The van der Waals surface area contributed by atoms with Gasteiger partial charge in [-0.3, -0.25) is 4.79 Å². The molecule has 0 saturated heterocycles. The molecule has 0 spiro atoms. The van der Waals surface area contributed by atoms with Gasteiger partial charge in [0.15, 0.2) is 5.60 Å². The molecule has 0 aliphatic heterocycles. The Balaban J connectivity index is 2.34. The van der Waals surface area contributed by atoms with E-state index >= 15 is 0 Å². The molecule has 96 valence electrons. The fourth-order valence-corrected chi connectivity index (χ4v) is 2.62. The molecule has 0 radical (unpaired) electrons. The summed E-state index contributed by atoms with van der Waals surface area (Å²) in [7, 11) is 0. The van der Waals surface area contributed by atoms with Gasteiger partial charge in [-0.2, -0.15) is 0 Å². The topological polar surface area (TPSA) is 94.8 Å². The first kappa shape index (κ1) is 11.8. The Kier molecular flexibility index (Phi) is 2.26. The van der Waals surface area contributed by atoms with Crippen molar-refractivity contribution in [2.75, 3.05) is 0 Å². The van der Waals surface area contributed by atoms with E-state index in [9.17, 15) is 19.8 Å². The predicted molar refractivity (Wildman–Crippen MR) is 65.8 cm³/mol. The number of Topliss-reactive ketones (excluding diaryl/α,β-unsaturated/α-hetero) is 1. The van der Waals surface area contributed by atoms with E-state index < -0.39 is 23.5 Å². The van der Waals surface area contributed by atoms with Crippen LogP contribution in [-0.4, -0.2) is 38.8 Å². The van der Waals surface area contributed by atoms with Crippen LogP contribution >= 0.6 is 0 Å². The van der Waals surface area contributed by atoms with Crippen molar-refractivity contribution in [3.05, 3.63) is 53.1 Å². The average Bonchev–Trinajstić information content (AvgIpc) is 2.62. The molecule has 5 nitrogen and oxygen atoms in total. The lowest BCUT2D eigenvalue weighted by atomic mass is 9.84. The summed E-state index contributed by atoms with van der Waals surface area (Å²) in [6.07, 6.45) is 2.97. The summed E-state index contributed by atoms with van der Waals surface area (Å²) in [6, 6.07) is 4.38. The van der Waals surface area contributed by atoms with Crippen LogP contribution in [0.1, 0.15) is 26.3 Å². The van der Waals surface area contributed by atoms with Crippen LogP contribution in [-0.2, 0) is 0 Å². The van der Waals surface area contributed by atoms with Gasteiger partial charge in [0.1, 0.15) is 6.10 Å². The van der Waals surface area contributed by atoms with Gasteiger partial charge in [-0.25, -0.2) is 4.79 Å². The van der Waals surface area contributed by atoms with E-state index in [2.05, 4.69) is 0 Å². The second-order valence-corrected chi connectivity index (χ2v) is 4.54. The van der Waals surface area contributed by atoms with Crippen molar-refractivity contribution in [1.29, 1.82) is 0 Å². The van der Waals surface area contributed by atoms with Gasteiger partial charge in [-0.1, -0.05) is 30.4 Å². The first-order valence-electron chi connectivity index (χ1n) is 5.69. The van der Waals surface area contributed by atoms with Crippen LogP contribution in [0.3, 0.4) is 0 Å². The predicted octanol–water partition coefficient (Wildman–Crippen LogP) is 0.626. The lowest BCUT2D eigenvalue weighted by Crippen LogP contribution is -2.47. The zero-order valence-electron chi connectivity index (χ0n) is 9.70. The highest BCUT2D eigenvalue weighted by Crippen LogP contribution is 2.45. The molecule has 0 aromatic heterocycles. The lowest BCUT2D eigenvalue weighted by molar-refractivity contribution is 0.00601. The van der Waals surface area contributed by atoms with E-state index in [-0.39, 0.29) is 16.7 Å². The fourth-order valence-electron chi connectivity index (χ4n) is 2.62. The first-order valence-corrected chi connectivity index (χ1v) is 5.69. The second kappa shape index (κ2) is 3.63. The summed E-state index contributed by atoms with van der Waals surface area (Å²) >= 11 is 0. The molecule has 2 atom stereocenters. The average molecular weight is 258 g/mol. The van der Waals surface area contributed by atoms with E-state index in [1.807, 2.05) is 0 Å². The third-order valence-corrected chi connectivity index (χ3v) is 3.55. The molecule has 0 bridgehead atoms. The largest absolute Gasteiger partial charge is 0.478 e. The maximum absolute atomic E-state index is 12.3. The number of allylic oxidation sites excluding steroid dienone is 2. The SMILES string of the molecule is O=C(O)c1cccc2c1C(=O)[C@@]1(O)C2=CC=C[C@@H]1O. The van der Waals surface area contributed by atoms with Gasteiger partial charge in [0.25, 0.3) is 0 Å².